The van der Waals surface area contributed by atoms with Gasteiger partial charge in [-0.3, -0.25) is 4.79 Å². The lowest BCUT2D eigenvalue weighted by Gasteiger charge is -2.30. The zero-order chi connectivity index (χ0) is 19.1. The van der Waals surface area contributed by atoms with Crippen LogP contribution in [-0.2, 0) is 17.6 Å². The molecule has 0 unspecified atom stereocenters. The number of piperidine rings is 1. The number of rotatable bonds is 8. The van der Waals surface area contributed by atoms with Gasteiger partial charge >= 0.3 is 0 Å². The monoisotopic (exact) mass is 372 g/mol. The zero-order valence-electron chi connectivity index (χ0n) is 17.1. The molecule has 27 heavy (non-hydrogen) atoms. The molecule has 1 aromatic carbocycles. The highest BCUT2D eigenvalue weighted by Gasteiger charge is 2.20. The highest BCUT2D eigenvalue weighted by Crippen LogP contribution is 2.26. The molecule has 0 spiro atoms. The molecule has 4 nitrogen and oxygen atoms in total. The summed E-state index contributed by atoms with van der Waals surface area (Å²) in [5, 5.41) is 3.08. The van der Waals surface area contributed by atoms with E-state index < -0.39 is 6.10 Å². The summed E-state index contributed by atoms with van der Waals surface area (Å²) in [5.41, 5.74) is 2.84. The summed E-state index contributed by atoms with van der Waals surface area (Å²) in [6.45, 7) is 8.56. The molecule has 0 bridgehead atoms. The van der Waals surface area contributed by atoms with Gasteiger partial charge in [0.2, 0.25) is 0 Å². The van der Waals surface area contributed by atoms with E-state index in [0.29, 0.717) is 6.42 Å². The molecule has 0 aromatic heterocycles. The Balaban J connectivity index is 1.42. The Bertz CT molecular complexity index is 616. The van der Waals surface area contributed by atoms with Gasteiger partial charge in [0.1, 0.15) is 5.75 Å². The highest BCUT2D eigenvalue weighted by atomic mass is 16.5. The van der Waals surface area contributed by atoms with Crippen molar-refractivity contribution < 1.29 is 9.53 Å². The number of likely N-dealkylation sites (tertiary alicyclic amines) is 1. The number of hydrogen-bond donors (Lipinski definition) is 1. The largest absolute Gasteiger partial charge is 0.481 e. The Morgan fingerprint density at radius 1 is 1.26 bits per heavy atom. The van der Waals surface area contributed by atoms with E-state index in [1.807, 2.05) is 13.0 Å². The standard InChI is InChI=1S/C23H36N2O2/c1-3-22(27-21-12-11-19-9-4-5-10-20(19)16-21)23(26)24-13-7-15-25-14-6-8-18(2)17-25/h11-12,16,18,22H,3-10,13-15,17H2,1-2H3,(H,24,26)/t18-,22+/m1/s1. The highest BCUT2D eigenvalue weighted by molar-refractivity contribution is 5.81. The Hall–Kier alpha value is -1.55. The van der Waals surface area contributed by atoms with Crippen LogP contribution in [0.4, 0.5) is 0 Å². The maximum Gasteiger partial charge on any atom is 0.261 e. The van der Waals surface area contributed by atoms with Crippen molar-refractivity contribution >= 4 is 5.91 Å². The van der Waals surface area contributed by atoms with Gasteiger partial charge < -0.3 is 15.0 Å². The number of benzene rings is 1. The van der Waals surface area contributed by atoms with Crippen molar-refractivity contribution in [3.8, 4) is 5.75 Å². The lowest BCUT2D eigenvalue weighted by molar-refractivity contribution is -0.128. The second-order valence-corrected chi connectivity index (χ2v) is 8.34. The van der Waals surface area contributed by atoms with Crippen molar-refractivity contribution in [2.45, 2.75) is 71.3 Å². The molecule has 2 aliphatic rings. The molecule has 0 radical (unpaired) electrons. The van der Waals surface area contributed by atoms with Crippen LogP contribution in [0.1, 0.15) is 63.5 Å². The number of aryl methyl sites for hydroxylation is 2. The normalized spacial score (nSPS) is 21.3. The molecule has 1 aromatic rings. The van der Waals surface area contributed by atoms with Gasteiger partial charge in [-0.15, -0.1) is 0 Å². The second kappa shape index (κ2) is 10.1. The van der Waals surface area contributed by atoms with E-state index in [4.69, 9.17) is 4.74 Å². The molecule has 2 atom stereocenters. The first-order valence-corrected chi connectivity index (χ1v) is 10.9. The van der Waals surface area contributed by atoms with Gasteiger partial charge in [-0.2, -0.15) is 0 Å². The molecule has 1 amide bonds. The van der Waals surface area contributed by atoms with E-state index in [-0.39, 0.29) is 5.91 Å². The van der Waals surface area contributed by atoms with Crippen LogP contribution >= 0.6 is 0 Å². The van der Waals surface area contributed by atoms with Crippen LogP contribution in [-0.4, -0.2) is 43.1 Å². The molecular weight excluding hydrogens is 336 g/mol. The number of fused-ring (bicyclic) bond motifs is 1. The van der Waals surface area contributed by atoms with Crippen molar-refractivity contribution in [3.63, 3.8) is 0 Å². The van der Waals surface area contributed by atoms with E-state index in [1.54, 1.807) is 0 Å². The first-order chi connectivity index (χ1) is 13.2. The zero-order valence-corrected chi connectivity index (χ0v) is 17.1. The number of carbonyl (C=O) groups is 1. The third kappa shape index (κ3) is 5.97. The summed E-state index contributed by atoms with van der Waals surface area (Å²) in [7, 11) is 0. The summed E-state index contributed by atoms with van der Waals surface area (Å²) in [6, 6.07) is 6.34. The molecular formula is C23H36N2O2. The Morgan fingerprint density at radius 3 is 2.85 bits per heavy atom. The smallest absolute Gasteiger partial charge is 0.261 e. The third-order valence-corrected chi connectivity index (χ3v) is 5.95. The van der Waals surface area contributed by atoms with Gasteiger partial charge in [0.15, 0.2) is 6.10 Å². The van der Waals surface area contributed by atoms with Crippen molar-refractivity contribution in [3.05, 3.63) is 29.3 Å². The summed E-state index contributed by atoms with van der Waals surface area (Å²) < 4.78 is 6.03. The fourth-order valence-electron chi connectivity index (χ4n) is 4.39. The molecule has 1 heterocycles. The lowest BCUT2D eigenvalue weighted by atomic mass is 9.92. The third-order valence-electron chi connectivity index (χ3n) is 5.95. The summed E-state index contributed by atoms with van der Waals surface area (Å²) in [5.74, 6) is 1.66. The van der Waals surface area contributed by atoms with Gasteiger partial charge in [0.25, 0.3) is 5.91 Å². The minimum atomic E-state index is -0.401. The van der Waals surface area contributed by atoms with Gasteiger partial charge in [-0.25, -0.2) is 0 Å². The van der Waals surface area contributed by atoms with Crippen molar-refractivity contribution in [2.75, 3.05) is 26.2 Å². The van der Waals surface area contributed by atoms with Gasteiger partial charge in [0.05, 0.1) is 0 Å². The number of ether oxygens (including phenoxy) is 1. The Kier molecular flexibility index (Phi) is 7.57. The molecule has 1 aliphatic heterocycles. The molecule has 1 saturated heterocycles. The number of carbonyl (C=O) groups excluding carboxylic acids is 1. The fraction of sp³-hybridized carbons (Fsp3) is 0.696. The van der Waals surface area contributed by atoms with E-state index in [0.717, 1.165) is 37.6 Å². The summed E-state index contributed by atoms with van der Waals surface area (Å²) in [4.78, 5) is 15.0. The minimum Gasteiger partial charge on any atom is -0.481 e. The van der Waals surface area contributed by atoms with Crippen molar-refractivity contribution in [1.29, 1.82) is 0 Å². The fourth-order valence-corrected chi connectivity index (χ4v) is 4.39. The Morgan fingerprint density at radius 2 is 2.07 bits per heavy atom. The van der Waals surface area contributed by atoms with E-state index in [9.17, 15) is 4.79 Å². The van der Waals surface area contributed by atoms with Crippen LogP contribution in [0, 0.1) is 5.92 Å². The predicted octanol–water partition coefficient (Wildman–Crippen LogP) is 3.96. The Labute approximate surface area is 164 Å². The topological polar surface area (TPSA) is 41.6 Å². The number of nitrogens with one attached hydrogen (secondary N) is 1. The molecule has 0 saturated carbocycles. The van der Waals surface area contributed by atoms with Crippen molar-refractivity contribution in [2.24, 2.45) is 5.92 Å². The lowest BCUT2D eigenvalue weighted by Crippen LogP contribution is -2.40. The number of amides is 1. The van der Waals surface area contributed by atoms with E-state index in [1.165, 1.54) is 56.3 Å². The van der Waals surface area contributed by atoms with E-state index >= 15 is 0 Å². The van der Waals surface area contributed by atoms with Crippen molar-refractivity contribution in [1.82, 2.24) is 10.2 Å². The van der Waals surface area contributed by atoms with Gasteiger partial charge in [-0.1, -0.05) is 19.9 Å². The first kappa shape index (κ1) is 20.2. The predicted molar refractivity (Wildman–Crippen MR) is 110 cm³/mol. The summed E-state index contributed by atoms with van der Waals surface area (Å²) >= 11 is 0. The van der Waals surface area contributed by atoms with Crippen LogP contribution in [0.3, 0.4) is 0 Å². The minimum absolute atomic E-state index is 0.0160. The van der Waals surface area contributed by atoms with Crippen LogP contribution in [0.25, 0.3) is 0 Å². The maximum atomic E-state index is 12.5. The van der Waals surface area contributed by atoms with Crippen LogP contribution in [0.15, 0.2) is 18.2 Å². The van der Waals surface area contributed by atoms with Crippen LogP contribution in [0.5, 0.6) is 5.75 Å². The molecule has 3 rings (SSSR count). The maximum absolute atomic E-state index is 12.5. The quantitative estimate of drug-likeness (QED) is 0.702. The van der Waals surface area contributed by atoms with Gasteiger partial charge in [0, 0.05) is 13.1 Å². The molecule has 1 N–H and O–H groups in total. The second-order valence-electron chi connectivity index (χ2n) is 8.34. The van der Waals surface area contributed by atoms with Gasteiger partial charge in [-0.05, 0) is 93.6 Å². The first-order valence-electron chi connectivity index (χ1n) is 10.9. The van der Waals surface area contributed by atoms with Crippen LogP contribution in [0.2, 0.25) is 0 Å². The summed E-state index contributed by atoms with van der Waals surface area (Å²) in [6.07, 6.45) is 8.79. The van der Waals surface area contributed by atoms with E-state index in [2.05, 4.69) is 29.3 Å². The SMILES string of the molecule is CC[C@H](Oc1ccc2c(c1)CCCC2)C(=O)NCCCN1CCC[C@@H](C)C1. The molecule has 1 fully saturated rings. The number of hydrogen-bond acceptors (Lipinski definition) is 3. The number of nitrogens with zero attached hydrogens (tertiary/aromatic N) is 1. The average molecular weight is 373 g/mol. The molecule has 1 aliphatic carbocycles. The molecule has 4 heteroatoms. The van der Waals surface area contributed by atoms with Crippen LogP contribution < -0.4 is 10.1 Å². The molecule has 150 valence electrons. The average Bonchev–Trinajstić information content (AvgIpc) is 2.69.